The molecule has 2 rings (SSSR count). The molecule has 2 aromatic rings. The van der Waals surface area contributed by atoms with Crippen molar-refractivity contribution < 1.29 is 15.0 Å². The number of hydrogen-bond donors (Lipinski definition) is 3. The zero-order chi connectivity index (χ0) is 14.3. The van der Waals surface area contributed by atoms with Crippen LogP contribution in [0.2, 0.25) is 0 Å². The van der Waals surface area contributed by atoms with Crippen molar-refractivity contribution in [3.8, 4) is 5.75 Å². The highest BCUT2D eigenvalue weighted by molar-refractivity contribution is 5.90. The van der Waals surface area contributed by atoms with E-state index in [2.05, 4.69) is 0 Å². The molecule has 0 saturated heterocycles. The molecule has 0 aliphatic rings. The van der Waals surface area contributed by atoms with Crippen LogP contribution in [0, 0.1) is 0 Å². The third-order valence-corrected chi connectivity index (χ3v) is 2.46. The van der Waals surface area contributed by atoms with Crippen molar-refractivity contribution in [2.45, 2.75) is 13.0 Å². The number of nitrogens with two attached hydrogens (primary N) is 1. The topological polar surface area (TPSA) is 83.6 Å². The summed E-state index contributed by atoms with van der Waals surface area (Å²) in [6.45, 7) is 1.98. The Kier molecular flexibility index (Phi) is 5.57. The average molecular weight is 259 g/mol. The van der Waals surface area contributed by atoms with E-state index in [0.29, 0.717) is 0 Å². The molecule has 4 nitrogen and oxygen atoms in total. The highest BCUT2D eigenvalue weighted by atomic mass is 16.4. The second kappa shape index (κ2) is 7.18. The Balaban J connectivity index is 0.000000191. The van der Waals surface area contributed by atoms with Crippen LogP contribution in [0.4, 0.5) is 0 Å². The first-order valence-electron chi connectivity index (χ1n) is 5.84. The van der Waals surface area contributed by atoms with E-state index in [0.717, 1.165) is 0 Å². The fraction of sp³-hybridized carbons (Fsp3) is 0.133. The molecule has 0 saturated carbocycles. The van der Waals surface area contributed by atoms with Crippen LogP contribution in [0.5, 0.6) is 5.75 Å². The summed E-state index contributed by atoms with van der Waals surface area (Å²) in [6, 6.07) is 16.0. The lowest BCUT2D eigenvalue weighted by molar-refractivity contribution is 0.0694. The van der Waals surface area contributed by atoms with Crippen LogP contribution < -0.4 is 5.73 Å². The van der Waals surface area contributed by atoms with Crippen molar-refractivity contribution in [3.63, 3.8) is 0 Å². The van der Waals surface area contributed by atoms with E-state index in [4.69, 9.17) is 15.9 Å². The quantitative estimate of drug-likeness (QED) is 0.774. The van der Waals surface area contributed by atoms with Crippen LogP contribution in [0.3, 0.4) is 0 Å². The van der Waals surface area contributed by atoms with Crippen LogP contribution in [-0.4, -0.2) is 16.2 Å². The highest BCUT2D eigenvalue weighted by Crippen LogP contribution is 2.14. The van der Waals surface area contributed by atoms with Crippen LogP contribution in [0.1, 0.15) is 28.9 Å². The molecule has 0 spiro atoms. The van der Waals surface area contributed by atoms with Gasteiger partial charge in [0.15, 0.2) is 0 Å². The minimum atomic E-state index is -1.11. The van der Waals surface area contributed by atoms with Gasteiger partial charge in [-0.05, 0) is 24.6 Å². The number of carboxylic acids is 1. The molecule has 0 aliphatic carbocycles. The highest BCUT2D eigenvalue weighted by Gasteiger charge is 2.05. The number of aromatic hydroxyl groups is 1. The van der Waals surface area contributed by atoms with E-state index in [1.807, 2.05) is 37.3 Å². The smallest absolute Gasteiger partial charge is 0.339 e. The molecule has 1 unspecified atom stereocenters. The van der Waals surface area contributed by atoms with E-state index in [-0.39, 0.29) is 17.4 Å². The van der Waals surface area contributed by atoms with Crippen molar-refractivity contribution in [1.29, 1.82) is 0 Å². The van der Waals surface area contributed by atoms with Crippen molar-refractivity contribution in [3.05, 3.63) is 65.7 Å². The van der Waals surface area contributed by atoms with Crippen LogP contribution >= 0.6 is 0 Å². The summed E-state index contributed by atoms with van der Waals surface area (Å²) in [5.74, 6) is -1.31. The van der Waals surface area contributed by atoms with Crippen LogP contribution in [0.15, 0.2) is 54.6 Å². The summed E-state index contributed by atoms with van der Waals surface area (Å²) in [6.07, 6.45) is 0. The molecule has 0 fully saturated rings. The average Bonchev–Trinajstić information content (AvgIpc) is 2.40. The van der Waals surface area contributed by atoms with E-state index in [1.54, 1.807) is 12.1 Å². The van der Waals surface area contributed by atoms with E-state index >= 15 is 0 Å². The molecule has 1 atom stereocenters. The molecule has 19 heavy (non-hydrogen) atoms. The Morgan fingerprint density at radius 1 is 1.05 bits per heavy atom. The Morgan fingerprint density at radius 3 is 1.95 bits per heavy atom. The summed E-state index contributed by atoms with van der Waals surface area (Å²) >= 11 is 0. The lowest BCUT2D eigenvalue weighted by atomic mass is 10.1. The molecule has 0 heterocycles. The Hall–Kier alpha value is -2.33. The number of carboxylic acid groups (broad SMARTS) is 1. The monoisotopic (exact) mass is 259 g/mol. The van der Waals surface area contributed by atoms with E-state index in [9.17, 15) is 4.79 Å². The number of benzene rings is 2. The fourth-order valence-corrected chi connectivity index (χ4v) is 1.41. The predicted molar refractivity (Wildman–Crippen MR) is 74.1 cm³/mol. The van der Waals surface area contributed by atoms with Crippen molar-refractivity contribution in [1.82, 2.24) is 0 Å². The minimum Gasteiger partial charge on any atom is -0.507 e. The largest absolute Gasteiger partial charge is 0.507 e. The molecule has 0 bridgehead atoms. The van der Waals surface area contributed by atoms with Gasteiger partial charge in [-0.25, -0.2) is 4.79 Å². The van der Waals surface area contributed by atoms with Crippen LogP contribution in [0.25, 0.3) is 0 Å². The Bertz CT molecular complexity index is 524. The number of aromatic carboxylic acids is 1. The molecule has 0 radical (unpaired) electrons. The molecular formula is C15H17NO3. The third kappa shape index (κ3) is 4.81. The third-order valence-electron chi connectivity index (χ3n) is 2.46. The number of hydrogen-bond acceptors (Lipinski definition) is 3. The van der Waals surface area contributed by atoms with Crippen molar-refractivity contribution in [2.24, 2.45) is 5.73 Å². The van der Waals surface area contributed by atoms with Gasteiger partial charge in [-0.15, -0.1) is 0 Å². The zero-order valence-corrected chi connectivity index (χ0v) is 10.7. The number of carbonyl (C=O) groups is 1. The maximum absolute atomic E-state index is 10.3. The molecular weight excluding hydrogens is 242 g/mol. The first-order valence-corrected chi connectivity index (χ1v) is 5.84. The van der Waals surface area contributed by atoms with Gasteiger partial charge in [-0.1, -0.05) is 42.5 Å². The van der Waals surface area contributed by atoms with Gasteiger partial charge in [0.1, 0.15) is 11.3 Å². The lowest BCUT2D eigenvalue weighted by Crippen LogP contribution is -2.03. The number of rotatable bonds is 2. The molecule has 4 N–H and O–H groups in total. The first-order chi connectivity index (χ1) is 9.02. The number of phenols is 1. The van der Waals surface area contributed by atoms with E-state index < -0.39 is 5.97 Å². The van der Waals surface area contributed by atoms with Gasteiger partial charge in [-0.3, -0.25) is 0 Å². The predicted octanol–water partition coefficient (Wildman–Crippen LogP) is 2.80. The van der Waals surface area contributed by atoms with Gasteiger partial charge < -0.3 is 15.9 Å². The lowest BCUT2D eigenvalue weighted by Gasteiger charge is -2.02. The molecule has 0 aromatic heterocycles. The minimum absolute atomic E-state index is 0.0671. The normalized spacial score (nSPS) is 11.1. The Morgan fingerprint density at radius 2 is 1.58 bits per heavy atom. The SMILES string of the molecule is CC(N)c1ccccc1.O=C(O)c1ccccc1O. The second-order valence-electron chi connectivity index (χ2n) is 4.02. The van der Waals surface area contributed by atoms with Gasteiger partial charge in [0, 0.05) is 6.04 Å². The second-order valence-corrected chi connectivity index (χ2v) is 4.02. The number of para-hydroxylation sites is 1. The van der Waals surface area contributed by atoms with Gasteiger partial charge in [0.2, 0.25) is 0 Å². The molecule has 4 heteroatoms. The molecule has 0 amide bonds. The summed E-state index contributed by atoms with van der Waals surface area (Å²) in [7, 11) is 0. The summed E-state index contributed by atoms with van der Waals surface area (Å²) in [5.41, 5.74) is 6.74. The standard InChI is InChI=1S/C8H11N.C7H6O3/c1-7(9)8-5-3-2-4-6-8;8-6-4-2-1-3-5(6)7(9)10/h2-7H,9H2,1H3;1-4,8H,(H,9,10). The van der Waals surface area contributed by atoms with Gasteiger partial charge >= 0.3 is 5.97 Å². The molecule has 0 aliphatic heterocycles. The first kappa shape index (κ1) is 14.7. The van der Waals surface area contributed by atoms with Gasteiger partial charge in [-0.2, -0.15) is 0 Å². The fourth-order valence-electron chi connectivity index (χ4n) is 1.41. The van der Waals surface area contributed by atoms with Crippen molar-refractivity contribution in [2.75, 3.05) is 0 Å². The van der Waals surface area contributed by atoms with E-state index in [1.165, 1.54) is 17.7 Å². The zero-order valence-electron chi connectivity index (χ0n) is 10.7. The van der Waals surface area contributed by atoms with Gasteiger partial charge in [0.05, 0.1) is 0 Å². The maximum Gasteiger partial charge on any atom is 0.339 e. The summed E-state index contributed by atoms with van der Waals surface area (Å²) in [4.78, 5) is 10.3. The molecule has 2 aromatic carbocycles. The van der Waals surface area contributed by atoms with Gasteiger partial charge in [0.25, 0.3) is 0 Å². The van der Waals surface area contributed by atoms with Crippen molar-refractivity contribution >= 4 is 5.97 Å². The summed E-state index contributed by atoms with van der Waals surface area (Å²) < 4.78 is 0. The Labute approximate surface area is 112 Å². The summed E-state index contributed by atoms with van der Waals surface area (Å²) in [5, 5.41) is 17.3. The maximum atomic E-state index is 10.3. The molecule has 100 valence electrons. The van der Waals surface area contributed by atoms with Crippen LogP contribution in [-0.2, 0) is 0 Å².